The first-order valence-corrected chi connectivity index (χ1v) is 5.41. The third-order valence-electron chi connectivity index (χ3n) is 1.67. The minimum absolute atomic E-state index is 0.302. The Labute approximate surface area is 87.9 Å². The molecule has 3 N–H and O–H groups in total. The third-order valence-corrected chi connectivity index (χ3v) is 2.55. The van der Waals surface area contributed by atoms with Crippen molar-refractivity contribution in [3.05, 3.63) is 30.3 Å². The summed E-state index contributed by atoms with van der Waals surface area (Å²) in [6, 6.07) is 8.58. The van der Waals surface area contributed by atoms with Crippen LogP contribution in [0.25, 0.3) is 0 Å². The molecule has 0 aliphatic rings. The number of guanidine groups is 1. The highest BCUT2D eigenvalue weighted by Gasteiger charge is 2.15. The van der Waals surface area contributed by atoms with Gasteiger partial charge in [0.25, 0.3) is 0 Å². The zero-order valence-electron chi connectivity index (χ0n) is 8.03. The van der Waals surface area contributed by atoms with E-state index in [1.54, 1.807) is 30.3 Å². The number of para-hydroxylation sites is 1. The zero-order chi connectivity index (χ0) is 11.5. The van der Waals surface area contributed by atoms with E-state index in [0.29, 0.717) is 9.99 Å². The lowest BCUT2D eigenvalue weighted by Gasteiger charge is -2.12. The van der Waals surface area contributed by atoms with Crippen molar-refractivity contribution in [1.29, 1.82) is 0 Å². The summed E-state index contributed by atoms with van der Waals surface area (Å²) >= 11 is 0. The fourth-order valence-electron chi connectivity index (χ4n) is 0.823. The summed E-state index contributed by atoms with van der Waals surface area (Å²) in [4.78, 5) is 3.81. The van der Waals surface area contributed by atoms with Crippen molar-refractivity contribution in [3.63, 3.8) is 0 Å². The summed E-state index contributed by atoms with van der Waals surface area (Å²) in [5, 5.41) is 0. The monoisotopic (exact) mass is 229 g/mol. The number of aliphatic imine (C=N–C) groups is 1. The number of nitrogens with zero attached hydrogens (tertiary/aromatic N) is 2. The maximum atomic E-state index is 10.7. The molecule has 1 rings (SSSR count). The summed E-state index contributed by atoms with van der Waals surface area (Å²) in [5.74, 6) is -0.302. The Bertz CT molecular complexity index is 455. The van der Waals surface area contributed by atoms with Crippen LogP contribution in [-0.2, 0) is 10.3 Å². The van der Waals surface area contributed by atoms with E-state index in [2.05, 4.69) is 4.99 Å². The van der Waals surface area contributed by atoms with E-state index in [1.165, 1.54) is 0 Å². The van der Waals surface area contributed by atoms with Gasteiger partial charge in [-0.3, -0.25) is 4.55 Å². The van der Waals surface area contributed by atoms with Gasteiger partial charge in [-0.05, 0) is 12.1 Å². The molecule has 0 aliphatic carbocycles. The molecule has 1 aromatic carbocycles. The van der Waals surface area contributed by atoms with E-state index in [1.807, 2.05) is 0 Å². The molecule has 7 heteroatoms. The predicted octanol–water partition coefficient (Wildman–Crippen LogP) is 0.367. The van der Waals surface area contributed by atoms with E-state index in [-0.39, 0.29) is 5.96 Å². The predicted molar refractivity (Wildman–Crippen MR) is 57.0 cm³/mol. The van der Waals surface area contributed by atoms with Crippen LogP contribution >= 0.6 is 0 Å². The first-order chi connectivity index (χ1) is 6.91. The molecule has 0 atom stereocenters. The highest BCUT2D eigenvalue weighted by molar-refractivity contribution is 7.83. The molecule has 0 aliphatic heterocycles. The molecule has 0 aromatic heterocycles. The molecule has 0 saturated heterocycles. The van der Waals surface area contributed by atoms with Crippen molar-refractivity contribution in [2.75, 3.05) is 7.05 Å². The van der Waals surface area contributed by atoms with Gasteiger partial charge in [0.2, 0.25) is 5.96 Å². The molecule has 0 spiro atoms. The Kier molecular flexibility index (Phi) is 3.28. The first kappa shape index (κ1) is 11.5. The molecule has 0 amide bonds. The average Bonchev–Trinajstić information content (AvgIpc) is 2.16. The number of rotatable bonds is 2. The van der Waals surface area contributed by atoms with Crippen LogP contribution in [0.3, 0.4) is 0 Å². The molecule has 6 nitrogen and oxygen atoms in total. The number of benzene rings is 1. The fraction of sp³-hybridized carbons (Fsp3) is 0.125. The van der Waals surface area contributed by atoms with Crippen LogP contribution in [0.15, 0.2) is 35.3 Å². The summed E-state index contributed by atoms with van der Waals surface area (Å²) in [6.45, 7) is 0. The smallest absolute Gasteiger partial charge is 0.362 e. The Balaban J connectivity index is 2.95. The summed E-state index contributed by atoms with van der Waals surface area (Å²) in [5.41, 5.74) is 5.88. The average molecular weight is 229 g/mol. The topological polar surface area (TPSA) is 96.0 Å². The van der Waals surface area contributed by atoms with Gasteiger partial charge in [0.05, 0.1) is 5.69 Å². The molecular weight excluding hydrogens is 218 g/mol. The quantitative estimate of drug-likeness (QED) is 0.435. The van der Waals surface area contributed by atoms with Gasteiger partial charge in [0.15, 0.2) is 0 Å². The molecule has 0 saturated carbocycles. The summed E-state index contributed by atoms with van der Waals surface area (Å²) in [6.07, 6.45) is 0. The standard InChI is InChI=1S/C8H11N3O3S/c1-11(15(12,13)14)8(9)10-7-5-3-2-4-6-7/h2-6H,1H3,(H2,9,10)(H,12,13,14). The normalized spacial score (nSPS) is 12.5. The van der Waals surface area contributed by atoms with Gasteiger partial charge in [0, 0.05) is 7.05 Å². The second-order valence-corrected chi connectivity index (χ2v) is 4.19. The Hall–Kier alpha value is -1.60. The van der Waals surface area contributed by atoms with Crippen LogP contribution in [-0.4, -0.2) is 30.3 Å². The number of hydrogen-bond donors (Lipinski definition) is 2. The molecule has 0 unspecified atom stereocenters. The van der Waals surface area contributed by atoms with Crippen molar-refractivity contribution in [2.24, 2.45) is 10.7 Å². The van der Waals surface area contributed by atoms with E-state index < -0.39 is 10.3 Å². The van der Waals surface area contributed by atoms with Gasteiger partial charge in [-0.15, -0.1) is 0 Å². The Morgan fingerprint density at radius 2 is 1.93 bits per heavy atom. The molecular formula is C8H11N3O3S. The van der Waals surface area contributed by atoms with Crippen molar-refractivity contribution in [2.45, 2.75) is 0 Å². The van der Waals surface area contributed by atoms with Gasteiger partial charge in [-0.25, -0.2) is 9.30 Å². The Morgan fingerprint density at radius 3 is 2.40 bits per heavy atom. The number of hydrogen-bond acceptors (Lipinski definition) is 3. The van der Waals surface area contributed by atoms with Crippen LogP contribution in [0.1, 0.15) is 0 Å². The van der Waals surface area contributed by atoms with E-state index in [4.69, 9.17) is 10.3 Å². The van der Waals surface area contributed by atoms with Gasteiger partial charge < -0.3 is 5.73 Å². The molecule has 0 bridgehead atoms. The van der Waals surface area contributed by atoms with Crippen molar-refractivity contribution < 1.29 is 13.0 Å². The van der Waals surface area contributed by atoms with Crippen LogP contribution in [0.2, 0.25) is 0 Å². The maximum absolute atomic E-state index is 10.7. The highest BCUT2D eigenvalue weighted by Crippen LogP contribution is 2.10. The molecule has 1 aromatic rings. The summed E-state index contributed by atoms with van der Waals surface area (Å²) < 4.78 is 30.5. The van der Waals surface area contributed by atoms with Crippen LogP contribution in [0.4, 0.5) is 5.69 Å². The van der Waals surface area contributed by atoms with Gasteiger partial charge in [-0.2, -0.15) is 8.42 Å². The Morgan fingerprint density at radius 1 is 1.40 bits per heavy atom. The van der Waals surface area contributed by atoms with E-state index in [0.717, 1.165) is 7.05 Å². The van der Waals surface area contributed by atoms with Crippen molar-refractivity contribution >= 4 is 22.0 Å². The van der Waals surface area contributed by atoms with Crippen LogP contribution in [0, 0.1) is 0 Å². The molecule has 0 fully saturated rings. The second-order valence-electron chi connectivity index (χ2n) is 2.75. The van der Waals surface area contributed by atoms with Gasteiger partial charge in [-0.1, -0.05) is 18.2 Å². The number of nitrogens with two attached hydrogens (primary N) is 1. The largest absolute Gasteiger partial charge is 0.369 e. The molecule has 0 radical (unpaired) electrons. The zero-order valence-corrected chi connectivity index (χ0v) is 8.85. The van der Waals surface area contributed by atoms with Gasteiger partial charge in [0.1, 0.15) is 0 Å². The van der Waals surface area contributed by atoms with E-state index >= 15 is 0 Å². The van der Waals surface area contributed by atoms with Gasteiger partial charge >= 0.3 is 10.3 Å². The lowest BCUT2D eigenvalue weighted by atomic mass is 10.3. The fourth-order valence-corrected chi connectivity index (χ4v) is 1.10. The first-order valence-electron chi connectivity index (χ1n) is 4.02. The van der Waals surface area contributed by atoms with E-state index in [9.17, 15) is 8.42 Å². The second kappa shape index (κ2) is 4.28. The third kappa shape index (κ3) is 3.22. The van der Waals surface area contributed by atoms with Crippen molar-refractivity contribution in [1.82, 2.24) is 4.31 Å². The maximum Gasteiger partial charge on any atom is 0.362 e. The van der Waals surface area contributed by atoms with Crippen LogP contribution in [0.5, 0.6) is 0 Å². The highest BCUT2D eigenvalue weighted by atomic mass is 32.2. The van der Waals surface area contributed by atoms with Crippen molar-refractivity contribution in [3.8, 4) is 0 Å². The van der Waals surface area contributed by atoms with Crippen LogP contribution < -0.4 is 5.73 Å². The molecule has 15 heavy (non-hydrogen) atoms. The lowest BCUT2D eigenvalue weighted by Crippen LogP contribution is -2.38. The SMILES string of the molecule is CN(C(N)=Nc1ccccc1)S(=O)(=O)O. The molecule has 0 heterocycles. The minimum atomic E-state index is -4.34. The minimum Gasteiger partial charge on any atom is -0.369 e. The molecule has 82 valence electrons. The lowest BCUT2D eigenvalue weighted by molar-refractivity contribution is 0.438. The summed E-state index contributed by atoms with van der Waals surface area (Å²) in [7, 11) is -3.24.